The predicted molar refractivity (Wildman–Crippen MR) is 79.9 cm³/mol. The van der Waals surface area contributed by atoms with E-state index in [-0.39, 0.29) is 0 Å². The van der Waals surface area contributed by atoms with E-state index in [4.69, 9.17) is 11.6 Å². The van der Waals surface area contributed by atoms with Gasteiger partial charge in [0.15, 0.2) is 0 Å². The number of rotatable bonds is 6. The lowest BCUT2D eigenvalue weighted by Gasteiger charge is -2.13. The van der Waals surface area contributed by atoms with Crippen LogP contribution in [0, 0.1) is 0 Å². The highest BCUT2D eigenvalue weighted by Crippen LogP contribution is 2.21. The summed E-state index contributed by atoms with van der Waals surface area (Å²) in [6.45, 7) is 6.03. The van der Waals surface area contributed by atoms with E-state index in [9.17, 15) is 0 Å². The van der Waals surface area contributed by atoms with Gasteiger partial charge in [-0.15, -0.1) is 0 Å². The molecule has 0 amide bonds. The number of nitrogens with zero attached hydrogens (tertiary/aromatic N) is 2. The van der Waals surface area contributed by atoms with Crippen LogP contribution in [0.2, 0.25) is 5.02 Å². The van der Waals surface area contributed by atoms with Crippen LogP contribution in [0.4, 0.5) is 0 Å². The molecule has 0 bridgehead atoms. The number of nitrogens with one attached hydrogen (secondary N) is 1. The molecule has 0 aliphatic rings. The molecule has 0 saturated heterocycles. The first-order chi connectivity index (χ1) is 9.26. The molecule has 2 aromatic rings. The third-order valence-electron chi connectivity index (χ3n) is 3.06. The summed E-state index contributed by atoms with van der Waals surface area (Å²) in [5.74, 6) is 1.10. The Bertz CT molecular complexity index is 534. The highest BCUT2D eigenvalue weighted by atomic mass is 35.5. The maximum absolute atomic E-state index is 6.11. The molecular weight excluding hydrogens is 258 g/mol. The summed E-state index contributed by atoms with van der Waals surface area (Å²) >= 11 is 6.11. The molecule has 1 aromatic heterocycles. The first-order valence-corrected chi connectivity index (χ1v) is 7.15. The average Bonchev–Trinajstić information content (AvgIpc) is 2.85. The summed E-state index contributed by atoms with van der Waals surface area (Å²) in [5.41, 5.74) is 2.36. The van der Waals surface area contributed by atoms with Crippen molar-refractivity contribution in [1.29, 1.82) is 0 Å². The summed E-state index contributed by atoms with van der Waals surface area (Å²) in [7, 11) is 0. The van der Waals surface area contributed by atoms with E-state index in [0.29, 0.717) is 0 Å². The highest BCUT2D eigenvalue weighted by Gasteiger charge is 2.09. The van der Waals surface area contributed by atoms with E-state index >= 15 is 0 Å². The summed E-state index contributed by atoms with van der Waals surface area (Å²) in [6.07, 6.45) is 5.95. The number of benzene rings is 1. The minimum Gasteiger partial charge on any atom is -0.313 e. The molecule has 4 heteroatoms. The first kappa shape index (κ1) is 14.1. The molecule has 0 saturated carbocycles. The third kappa shape index (κ3) is 3.37. The predicted octanol–water partition coefficient (Wildman–Crippen LogP) is 3.59. The van der Waals surface area contributed by atoms with Crippen molar-refractivity contribution >= 4 is 11.6 Å². The summed E-state index contributed by atoms with van der Waals surface area (Å²) in [4.78, 5) is 4.44. The second-order valence-corrected chi connectivity index (χ2v) is 4.95. The van der Waals surface area contributed by atoms with Crippen LogP contribution in [0.25, 0.3) is 5.69 Å². The van der Waals surface area contributed by atoms with Gasteiger partial charge in [0.05, 0.1) is 5.69 Å². The first-order valence-electron chi connectivity index (χ1n) is 6.78. The van der Waals surface area contributed by atoms with Crippen molar-refractivity contribution in [2.24, 2.45) is 0 Å². The van der Waals surface area contributed by atoms with Gasteiger partial charge >= 0.3 is 0 Å². The molecule has 0 spiro atoms. The summed E-state index contributed by atoms with van der Waals surface area (Å²) in [5, 5.41) is 4.13. The molecule has 0 radical (unpaired) electrons. The van der Waals surface area contributed by atoms with Crippen LogP contribution >= 0.6 is 11.6 Å². The molecule has 19 heavy (non-hydrogen) atoms. The smallest absolute Gasteiger partial charge is 0.113 e. The fraction of sp³-hybridized carbons (Fsp3) is 0.400. The lowest BCUT2D eigenvalue weighted by molar-refractivity contribution is 0.718. The molecule has 0 aliphatic carbocycles. The molecule has 2 rings (SSSR count). The zero-order valence-electron chi connectivity index (χ0n) is 11.5. The van der Waals surface area contributed by atoms with Gasteiger partial charge in [-0.3, -0.25) is 0 Å². The molecule has 0 unspecified atom stereocenters. The van der Waals surface area contributed by atoms with E-state index in [1.807, 2.05) is 24.5 Å². The third-order valence-corrected chi connectivity index (χ3v) is 3.29. The van der Waals surface area contributed by atoms with Crippen molar-refractivity contribution in [2.45, 2.75) is 33.2 Å². The van der Waals surface area contributed by atoms with Crippen LogP contribution < -0.4 is 5.32 Å². The van der Waals surface area contributed by atoms with E-state index in [2.05, 4.69) is 34.8 Å². The van der Waals surface area contributed by atoms with Crippen LogP contribution in [0.3, 0.4) is 0 Å². The zero-order valence-corrected chi connectivity index (χ0v) is 12.2. The second kappa shape index (κ2) is 6.73. The van der Waals surface area contributed by atoms with Crippen molar-refractivity contribution in [1.82, 2.24) is 14.9 Å². The van der Waals surface area contributed by atoms with Crippen LogP contribution in [-0.2, 0) is 13.0 Å². The quantitative estimate of drug-likeness (QED) is 0.874. The molecule has 0 atom stereocenters. The monoisotopic (exact) mass is 277 g/mol. The lowest BCUT2D eigenvalue weighted by atomic mass is 10.1. The van der Waals surface area contributed by atoms with Crippen LogP contribution in [0.15, 0.2) is 30.6 Å². The number of hydrogen-bond donors (Lipinski definition) is 1. The van der Waals surface area contributed by atoms with Gasteiger partial charge in [0.2, 0.25) is 0 Å². The maximum atomic E-state index is 6.11. The van der Waals surface area contributed by atoms with Gasteiger partial charge in [-0.1, -0.05) is 25.4 Å². The van der Waals surface area contributed by atoms with Crippen LogP contribution in [-0.4, -0.2) is 16.1 Å². The van der Waals surface area contributed by atoms with Crippen molar-refractivity contribution in [3.63, 3.8) is 0 Å². The standard InChI is InChI=1S/C15H20ClN3/c1-3-5-15-18-8-9-19(15)14-7-6-13(16)10-12(14)11-17-4-2/h6-10,17H,3-5,11H2,1-2H3. The fourth-order valence-electron chi connectivity index (χ4n) is 2.15. The Morgan fingerprint density at radius 1 is 1.32 bits per heavy atom. The molecule has 102 valence electrons. The Morgan fingerprint density at radius 3 is 2.89 bits per heavy atom. The zero-order chi connectivity index (χ0) is 13.7. The minimum absolute atomic E-state index is 0.772. The van der Waals surface area contributed by atoms with Gasteiger partial charge in [0, 0.05) is 30.4 Å². The molecule has 0 aliphatic heterocycles. The van der Waals surface area contributed by atoms with Crippen LogP contribution in [0.5, 0.6) is 0 Å². The van der Waals surface area contributed by atoms with E-state index in [1.165, 1.54) is 5.56 Å². The lowest BCUT2D eigenvalue weighted by Crippen LogP contribution is -2.14. The molecule has 1 N–H and O–H groups in total. The fourth-order valence-corrected chi connectivity index (χ4v) is 2.35. The summed E-state index contributed by atoms with van der Waals surface area (Å²) in [6, 6.07) is 6.02. The van der Waals surface area contributed by atoms with Gasteiger partial charge in [0.25, 0.3) is 0 Å². The molecule has 1 aromatic carbocycles. The molecule has 1 heterocycles. The van der Waals surface area contributed by atoms with Crippen molar-refractivity contribution in [3.8, 4) is 5.69 Å². The Morgan fingerprint density at radius 2 is 2.16 bits per heavy atom. The Hall–Kier alpha value is -1.32. The molecule has 0 fully saturated rings. The summed E-state index contributed by atoms with van der Waals surface area (Å²) < 4.78 is 2.16. The van der Waals surface area contributed by atoms with E-state index in [1.54, 1.807) is 0 Å². The number of hydrogen-bond acceptors (Lipinski definition) is 2. The SMILES string of the molecule is CCCc1nccn1-c1ccc(Cl)cc1CNCC. The van der Waals surface area contributed by atoms with E-state index in [0.717, 1.165) is 42.5 Å². The maximum Gasteiger partial charge on any atom is 0.113 e. The van der Waals surface area contributed by atoms with Crippen LogP contribution in [0.1, 0.15) is 31.7 Å². The van der Waals surface area contributed by atoms with Gasteiger partial charge in [-0.2, -0.15) is 0 Å². The minimum atomic E-state index is 0.772. The second-order valence-electron chi connectivity index (χ2n) is 4.52. The average molecular weight is 278 g/mol. The Balaban J connectivity index is 2.39. The normalized spacial score (nSPS) is 10.9. The van der Waals surface area contributed by atoms with E-state index < -0.39 is 0 Å². The molecule has 3 nitrogen and oxygen atoms in total. The van der Waals surface area contributed by atoms with Crippen molar-refractivity contribution in [3.05, 3.63) is 47.0 Å². The van der Waals surface area contributed by atoms with Gasteiger partial charge in [-0.05, 0) is 36.7 Å². The number of aromatic nitrogens is 2. The van der Waals surface area contributed by atoms with Gasteiger partial charge < -0.3 is 9.88 Å². The highest BCUT2D eigenvalue weighted by molar-refractivity contribution is 6.30. The Labute approximate surface area is 119 Å². The number of imidazole rings is 1. The van der Waals surface area contributed by atoms with Gasteiger partial charge in [0.1, 0.15) is 5.82 Å². The topological polar surface area (TPSA) is 29.9 Å². The number of aryl methyl sites for hydroxylation is 1. The van der Waals surface area contributed by atoms with Gasteiger partial charge in [-0.25, -0.2) is 4.98 Å². The van der Waals surface area contributed by atoms with Crippen molar-refractivity contribution in [2.75, 3.05) is 6.54 Å². The molecular formula is C15H20ClN3. The number of halogens is 1. The largest absolute Gasteiger partial charge is 0.313 e. The Kier molecular flexibility index (Phi) is 5.00. The van der Waals surface area contributed by atoms with Crippen molar-refractivity contribution < 1.29 is 0 Å².